The van der Waals surface area contributed by atoms with Crippen molar-refractivity contribution in [3.05, 3.63) is 18.3 Å². The number of nitrogens with one attached hydrogen (secondary N) is 1. The third kappa shape index (κ3) is 4.16. The van der Waals surface area contributed by atoms with Gasteiger partial charge in [0.15, 0.2) is 0 Å². The Morgan fingerprint density at radius 2 is 2.25 bits per heavy atom. The molecule has 0 aliphatic heterocycles. The van der Waals surface area contributed by atoms with Crippen molar-refractivity contribution in [1.29, 1.82) is 5.26 Å². The summed E-state index contributed by atoms with van der Waals surface area (Å²) in [7, 11) is -0.491. The summed E-state index contributed by atoms with van der Waals surface area (Å²) in [5.41, 5.74) is 0. The molecule has 0 amide bonds. The quantitative estimate of drug-likeness (QED) is 0.758. The van der Waals surface area contributed by atoms with Crippen LogP contribution in [0, 0.1) is 11.3 Å². The van der Waals surface area contributed by atoms with Gasteiger partial charge in [-0.3, -0.25) is 0 Å². The Morgan fingerprint density at radius 3 is 2.85 bits per heavy atom. The number of nitriles is 1. The monoisotopic (exact) mass is 298 g/mol. The number of anilines is 1. The summed E-state index contributed by atoms with van der Waals surface area (Å²) in [4.78, 5) is 4.13. The molecule has 7 nitrogen and oxygen atoms in total. The predicted molar refractivity (Wildman–Crippen MR) is 74.6 cm³/mol. The second-order valence-corrected chi connectivity index (χ2v) is 5.87. The highest BCUT2D eigenvalue weighted by Crippen LogP contribution is 2.17. The standard InChI is InChI=1S/C12H18N4O3S/c1-14-12-10-11(4-6-15-12)20(17,18)16(7-3-5-13)8-9-19-2/h4,6,10H,3,7-9H2,1-2H3,(H,14,15). The molecule has 1 N–H and O–H groups in total. The van der Waals surface area contributed by atoms with Gasteiger partial charge in [0.05, 0.1) is 17.6 Å². The van der Waals surface area contributed by atoms with Crippen LogP contribution in [0.1, 0.15) is 6.42 Å². The van der Waals surface area contributed by atoms with Crippen molar-refractivity contribution in [3.63, 3.8) is 0 Å². The lowest BCUT2D eigenvalue weighted by Gasteiger charge is -2.20. The van der Waals surface area contributed by atoms with Gasteiger partial charge in [0, 0.05) is 45.9 Å². The van der Waals surface area contributed by atoms with Crippen molar-refractivity contribution in [2.24, 2.45) is 0 Å². The first kappa shape index (κ1) is 16.4. The molecular formula is C12H18N4O3S. The van der Waals surface area contributed by atoms with Gasteiger partial charge in [-0.05, 0) is 6.07 Å². The van der Waals surface area contributed by atoms with Crippen LogP contribution in [0.15, 0.2) is 23.2 Å². The second kappa shape index (κ2) is 7.79. The molecule has 0 aliphatic carbocycles. The van der Waals surface area contributed by atoms with Crippen molar-refractivity contribution >= 4 is 15.8 Å². The van der Waals surface area contributed by atoms with Crippen molar-refractivity contribution < 1.29 is 13.2 Å². The summed E-state index contributed by atoms with van der Waals surface area (Å²) in [6.45, 7) is 0.617. The predicted octanol–water partition coefficient (Wildman–Crippen LogP) is 0.674. The van der Waals surface area contributed by atoms with Gasteiger partial charge in [-0.1, -0.05) is 0 Å². The van der Waals surface area contributed by atoms with E-state index < -0.39 is 10.0 Å². The number of pyridine rings is 1. The summed E-state index contributed by atoms with van der Waals surface area (Å²) in [6.07, 6.45) is 1.56. The zero-order chi connectivity index (χ0) is 15.0. The van der Waals surface area contributed by atoms with Crippen molar-refractivity contribution in [2.75, 3.05) is 39.2 Å². The molecule has 0 spiro atoms. The van der Waals surface area contributed by atoms with Crippen molar-refractivity contribution in [2.45, 2.75) is 11.3 Å². The molecule has 1 heterocycles. The molecule has 1 rings (SSSR count). The van der Waals surface area contributed by atoms with Crippen LogP contribution in [0.5, 0.6) is 0 Å². The minimum Gasteiger partial charge on any atom is -0.383 e. The van der Waals surface area contributed by atoms with E-state index in [9.17, 15) is 8.42 Å². The lowest BCUT2D eigenvalue weighted by Crippen LogP contribution is -2.34. The van der Waals surface area contributed by atoms with Crippen LogP contribution in [0.3, 0.4) is 0 Å². The summed E-state index contributed by atoms with van der Waals surface area (Å²) >= 11 is 0. The van der Waals surface area contributed by atoms with Gasteiger partial charge >= 0.3 is 0 Å². The Kier molecular flexibility index (Phi) is 6.38. The molecular weight excluding hydrogens is 280 g/mol. The minimum absolute atomic E-state index is 0.132. The summed E-state index contributed by atoms with van der Waals surface area (Å²) < 4.78 is 31.2. The Bertz CT molecular complexity index is 568. The molecule has 1 aromatic heterocycles. The van der Waals surface area contributed by atoms with E-state index >= 15 is 0 Å². The van der Waals surface area contributed by atoms with Crippen LogP contribution in [0.25, 0.3) is 0 Å². The van der Waals surface area contributed by atoms with E-state index in [1.807, 2.05) is 6.07 Å². The molecule has 0 aliphatic rings. The van der Waals surface area contributed by atoms with Crippen LogP contribution in [-0.4, -0.2) is 51.6 Å². The maximum Gasteiger partial charge on any atom is 0.243 e. The van der Waals surface area contributed by atoms with Gasteiger partial charge in [-0.2, -0.15) is 9.57 Å². The van der Waals surface area contributed by atoms with E-state index in [2.05, 4.69) is 10.3 Å². The molecule has 0 radical (unpaired) electrons. The molecule has 0 atom stereocenters. The fourth-order valence-electron chi connectivity index (χ4n) is 1.58. The number of nitrogens with zero attached hydrogens (tertiary/aromatic N) is 3. The van der Waals surface area contributed by atoms with E-state index in [1.54, 1.807) is 7.05 Å². The molecule has 20 heavy (non-hydrogen) atoms. The van der Waals surface area contributed by atoms with E-state index in [0.717, 1.165) is 0 Å². The average Bonchev–Trinajstić information content (AvgIpc) is 2.47. The third-order valence-corrected chi connectivity index (χ3v) is 4.54. The lowest BCUT2D eigenvalue weighted by atomic mass is 10.4. The molecule has 110 valence electrons. The fourth-order valence-corrected chi connectivity index (χ4v) is 3.02. The minimum atomic E-state index is -3.66. The normalized spacial score (nSPS) is 11.3. The number of sulfonamides is 1. The van der Waals surface area contributed by atoms with Gasteiger partial charge < -0.3 is 10.1 Å². The van der Waals surface area contributed by atoms with Crippen LogP contribution in [0.4, 0.5) is 5.82 Å². The Labute approximate surface area is 119 Å². The maximum absolute atomic E-state index is 12.5. The number of ether oxygens (including phenoxy) is 1. The molecule has 0 aromatic carbocycles. The van der Waals surface area contributed by atoms with Gasteiger partial charge in [-0.25, -0.2) is 13.4 Å². The number of aromatic nitrogens is 1. The zero-order valence-electron chi connectivity index (χ0n) is 11.5. The van der Waals surface area contributed by atoms with E-state index in [-0.39, 0.29) is 31.0 Å². The summed E-state index contributed by atoms with van der Waals surface area (Å²) in [6, 6.07) is 4.84. The lowest BCUT2D eigenvalue weighted by molar-refractivity contribution is 0.179. The fraction of sp³-hybridized carbons (Fsp3) is 0.500. The molecule has 0 unspecified atom stereocenters. The highest BCUT2D eigenvalue weighted by molar-refractivity contribution is 7.89. The zero-order valence-corrected chi connectivity index (χ0v) is 12.4. The Balaban J connectivity index is 3.04. The first-order valence-electron chi connectivity index (χ1n) is 6.06. The van der Waals surface area contributed by atoms with Crippen LogP contribution < -0.4 is 5.32 Å². The smallest absolute Gasteiger partial charge is 0.243 e. The topological polar surface area (TPSA) is 95.3 Å². The average molecular weight is 298 g/mol. The number of rotatable bonds is 8. The maximum atomic E-state index is 12.5. The molecule has 0 saturated heterocycles. The van der Waals surface area contributed by atoms with Crippen molar-refractivity contribution in [1.82, 2.24) is 9.29 Å². The molecule has 0 bridgehead atoms. The summed E-state index contributed by atoms with van der Waals surface area (Å²) in [5, 5.41) is 11.4. The van der Waals surface area contributed by atoms with Gasteiger partial charge in [0.1, 0.15) is 5.82 Å². The first-order valence-corrected chi connectivity index (χ1v) is 7.50. The molecule has 0 fully saturated rings. The van der Waals surface area contributed by atoms with Crippen LogP contribution in [0.2, 0.25) is 0 Å². The van der Waals surface area contributed by atoms with Crippen LogP contribution >= 0.6 is 0 Å². The van der Waals surface area contributed by atoms with Crippen molar-refractivity contribution in [3.8, 4) is 6.07 Å². The second-order valence-electron chi connectivity index (χ2n) is 3.93. The van der Waals surface area contributed by atoms with E-state index in [4.69, 9.17) is 10.00 Å². The molecule has 1 aromatic rings. The third-order valence-electron chi connectivity index (χ3n) is 2.64. The highest BCUT2D eigenvalue weighted by Gasteiger charge is 2.24. The van der Waals surface area contributed by atoms with Gasteiger partial charge in [0.25, 0.3) is 0 Å². The van der Waals surface area contributed by atoms with Gasteiger partial charge in [-0.15, -0.1) is 0 Å². The Hall–Kier alpha value is -1.69. The number of hydrogen-bond acceptors (Lipinski definition) is 6. The van der Waals surface area contributed by atoms with E-state index in [1.165, 1.54) is 29.7 Å². The number of hydrogen-bond donors (Lipinski definition) is 1. The molecule has 0 saturated carbocycles. The van der Waals surface area contributed by atoms with Crippen LogP contribution in [-0.2, 0) is 14.8 Å². The highest BCUT2D eigenvalue weighted by atomic mass is 32.2. The Morgan fingerprint density at radius 1 is 1.50 bits per heavy atom. The first-order chi connectivity index (χ1) is 9.56. The largest absolute Gasteiger partial charge is 0.383 e. The van der Waals surface area contributed by atoms with E-state index in [0.29, 0.717) is 5.82 Å². The van der Waals surface area contributed by atoms with Gasteiger partial charge in [0.2, 0.25) is 10.0 Å². The molecule has 8 heteroatoms. The SMILES string of the molecule is CNc1cc(S(=O)(=O)N(CCC#N)CCOC)ccn1. The summed E-state index contributed by atoms with van der Waals surface area (Å²) in [5.74, 6) is 0.470. The number of methoxy groups -OCH3 is 1.